The third-order valence-electron chi connectivity index (χ3n) is 2.45. The third kappa shape index (κ3) is 6.18. The Morgan fingerprint density at radius 3 is 2.44 bits per heavy atom. The van der Waals surface area contributed by atoms with Crippen LogP contribution in [0.2, 0.25) is 0 Å². The molecule has 0 aromatic heterocycles. The number of rotatable bonds is 6. The molecule has 18 heavy (non-hydrogen) atoms. The van der Waals surface area contributed by atoms with E-state index in [1.54, 1.807) is 0 Å². The van der Waals surface area contributed by atoms with E-state index in [1.165, 1.54) is 5.57 Å². The summed E-state index contributed by atoms with van der Waals surface area (Å²) < 4.78 is 0. The first-order chi connectivity index (χ1) is 8.56. The maximum Gasteiger partial charge on any atom is 0.212 e. The molecule has 0 saturated carbocycles. The average molecular weight is 247 g/mol. The largest absolute Gasteiger partial charge is 0.368 e. The first-order valence-electron chi connectivity index (χ1n) is 6.48. The molecule has 3 N–H and O–H groups in total. The molecular weight excluding hydrogens is 222 g/mol. The summed E-state index contributed by atoms with van der Waals surface area (Å²) in [4.78, 5) is 4.05. The van der Waals surface area contributed by atoms with Gasteiger partial charge in [0, 0.05) is 5.71 Å². The molecule has 3 nitrogen and oxygen atoms in total. The Labute approximate surface area is 111 Å². The van der Waals surface area contributed by atoms with Crippen molar-refractivity contribution in [1.29, 1.82) is 5.41 Å². The first-order valence-corrected chi connectivity index (χ1v) is 6.48. The van der Waals surface area contributed by atoms with E-state index in [-0.39, 0.29) is 5.96 Å². The topological polar surface area (TPSA) is 62.2 Å². The van der Waals surface area contributed by atoms with Gasteiger partial charge in [-0.3, -0.25) is 5.41 Å². The number of nitrogens with two attached hydrogens (primary N) is 1. The van der Waals surface area contributed by atoms with Gasteiger partial charge in [0.05, 0.1) is 0 Å². The predicted octanol–water partition coefficient (Wildman–Crippen LogP) is 3.98. The molecule has 0 heterocycles. The predicted molar refractivity (Wildman–Crippen MR) is 81.2 cm³/mol. The lowest BCUT2D eigenvalue weighted by Gasteiger charge is -2.11. The highest BCUT2D eigenvalue weighted by molar-refractivity contribution is 6.07. The minimum atomic E-state index is -0.147. The molecule has 0 spiro atoms. The fourth-order valence-electron chi connectivity index (χ4n) is 1.76. The molecule has 100 valence electrons. The van der Waals surface area contributed by atoms with E-state index < -0.39 is 0 Å². The normalized spacial score (nSPS) is 14.3. The van der Waals surface area contributed by atoms with E-state index in [0.29, 0.717) is 0 Å². The molecule has 0 bridgehead atoms. The molecule has 0 aliphatic heterocycles. The molecular formula is C15H25N3. The van der Waals surface area contributed by atoms with Gasteiger partial charge >= 0.3 is 0 Å². The van der Waals surface area contributed by atoms with Crippen LogP contribution in [-0.2, 0) is 0 Å². The molecule has 0 unspecified atom stereocenters. The average Bonchev–Trinajstić information content (AvgIpc) is 2.29. The maximum absolute atomic E-state index is 7.27. The zero-order chi connectivity index (χ0) is 14.0. The van der Waals surface area contributed by atoms with E-state index in [9.17, 15) is 0 Å². The molecule has 0 saturated heterocycles. The maximum atomic E-state index is 7.27. The highest BCUT2D eigenvalue weighted by Crippen LogP contribution is 2.19. The number of aliphatic imine (C=N–C) groups is 1. The van der Waals surface area contributed by atoms with E-state index in [1.807, 2.05) is 32.1 Å². The molecule has 0 atom stereocenters. The second kappa shape index (κ2) is 9.40. The number of nitrogens with zero attached hydrogens (tertiary/aromatic N) is 1. The highest BCUT2D eigenvalue weighted by Gasteiger charge is 2.07. The van der Waals surface area contributed by atoms with Crippen molar-refractivity contribution in [2.75, 3.05) is 0 Å². The lowest BCUT2D eigenvalue weighted by molar-refractivity contribution is 0.911. The van der Waals surface area contributed by atoms with Crippen molar-refractivity contribution in [2.45, 2.75) is 47.0 Å². The van der Waals surface area contributed by atoms with E-state index in [0.717, 1.165) is 30.5 Å². The van der Waals surface area contributed by atoms with E-state index in [4.69, 9.17) is 11.1 Å². The molecule has 0 aliphatic rings. The Kier molecular flexibility index (Phi) is 8.54. The number of guanidine groups is 1. The molecule has 0 aromatic rings. The van der Waals surface area contributed by atoms with Crippen molar-refractivity contribution in [3.8, 4) is 0 Å². The van der Waals surface area contributed by atoms with Gasteiger partial charge in [0.15, 0.2) is 0 Å². The minimum Gasteiger partial charge on any atom is -0.368 e. The van der Waals surface area contributed by atoms with Crippen molar-refractivity contribution >= 4 is 11.7 Å². The number of hydrogen-bond acceptors (Lipinski definition) is 1. The van der Waals surface area contributed by atoms with Gasteiger partial charge in [0.25, 0.3) is 0 Å². The summed E-state index contributed by atoms with van der Waals surface area (Å²) in [6.45, 7) is 8.17. The van der Waals surface area contributed by atoms with Crippen LogP contribution in [0.3, 0.4) is 0 Å². The summed E-state index contributed by atoms with van der Waals surface area (Å²) in [5, 5.41) is 7.27. The molecule has 0 amide bonds. The van der Waals surface area contributed by atoms with Gasteiger partial charge in [-0.25, -0.2) is 4.99 Å². The smallest absolute Gasteiger partial charge is 0.212 e. The van der Waals surface area contributed by atoms with Gasteiger partial charge in [-0.1, -0.05) is 44.6 Å². The SMILES string of the molecule is CC=C/C=C(/C(=CCC)CCC)C(C)=NC(=N)N. The zero-order valence-electron chi connectivity index (χ0n) is 12.0. The summed E-state index contributed by atoms with van der Waals surface area (Å²) >= 11 is 0. The Balaban J connectivity index is 5.46. The lowest BCUT2D eigenvalue weighted by atomic mass is 9.96. The van der Waals surface area contributed by atoms with Crippen LogP contribution in [0.1, 0.15) is 47.0 Å². The van der Waals surface area contributed by atoms with Crippen LogP contribution < -0.4 is 5.73 Å². The summed E-state index contributed by atoms with van der Waals surface area (Å²) in [5.74, 6) is -0.147. The van der Waals surface area contributed by atoms with Crippen LogP contribution in [0, 0.1) is 5.41 Å². The monoisotopic (exact) mass is 247 g/mol. The van der Waals surface area contributed by atoms with Gasteiger partial charge < -0.3 is 5.73 Å². The van der Waals surface area contributed by atoms with Crippen LogP contribution in [0.15, 0.2) is 40.4 Å². The van der Waals surface area contributed by atoms with Crippen molar-refractivity contribution < 1.29 is 0 Å². The van der Waals surface area contributed by atoms with Crippen LogP contribution in [0.4, 0.5) is 0 Å². The zero-order valence-corrected chi connectivity index (χ0v) is 12.0. The second-order valence-electron chi connectivity index (χ2n) is 4.08. The Morgan fingerprint density at radius 1 is 1.33 bits per heavy atom. The molecule has 3 heteroatoms. The third-order valence-corrected chi connectivity index (χ3v) is 2.45. The molecule has 0 fully saturated rings. The van der Waals surface area contributed by atoms with Gasteiger partial charge in [0.1, 0.15) is 0 Å². The van der Waals surface area contributed by atoms with Gasteiger partial charge in [-0.05, 0) is 37.8 Å². The standard InChI is InChI=1S/C15H25N3/c1-5-8-11-14(12(4)18-15(16)17)13(9-6-2)10-7-3/h5,8-9,11H,6-7,10H2,1-4H3,(H3,16,17)/b8-5?,13-9?,14-11+,18-12?. The van der Waals surface area contributed by atoms with Crippen molar-refractivity contribution in [1.82, 2.24) is 0 Å². The Hall–Kier alpha value is -1.64. The molecule has 0 aliphatic carbocycles. The van der Waals surface area contributed by atoms with Crippen molar-refractivity contribution in [2.24, 2.45) is 10.7 Å². The second-order valence-corrected chi connectivity index (χ2v) is 4.08. The summed E-state index contributed by atoms with van der Waals surface area (Å²) in [6.07, 6.45) is 11.3. The van der Waals surface area contributed by atoms with Crippen LogP contribution >= 0.6 is 0 Å². The molecule has 0 aromatic carbocycles. The number of allylic oxidation sites excluding steroid dienone is 6. The quantitative estimate of drug-likeness (QED) is 0.416. The number of hydrogen-bond donors (Lipinski definition) is 2. The van der Waals surface area contributed by atoms with E-state index >= 15 is 0 Å². The Bertz CT molecular complexity index is 385. The first kappa shape index (κ1) is 16.4. The van der Waals surface area contributed by atoms with Gasteiger partial charge in [0.2, 0.25) is 5.96 Å². The van der Waals surface area contributed by atoms with Crippen molar-refractivity contribution in [3.63, 3.8) is 0 Å². The highest BCUT2D eigenvalue weighted by atomic mass is 15.0. The van der Waals surface area contributed by atoms with Crippen LogP contribution in [0.5, 0.6) is 0 Å². The van der Waals surface area contributed by atoms with Crippen molar-refractivity contribution in [3.05, 3.63) is 35.5 Å². The van der Waals surface area contributed by atoms with Gasteiger partial charge in [-0.15, -0.1) is 0 Å². The Morgan fingerprint density at radius 2 is 2.00 bits per heavy atom. The van der Waals surface area contributed by atoms with Gasteiger partial charge in [-0.2, -0.15) is 0 Å². The fourth-order valence-corrected chi connectivity index (χ4v) is 1.76. The summed E-state index contributed by atoms with van der Waals surface area (Å²) in [5.41, 5.74) is 8.49. The van der Waals surface area contributed by atoms with Crippen LogP contribution in [0.25, 0.3) is 0 Å². The summed E-state index contributed by atoms with van der Waals surface area (Å²) in [6, 6.07) is 0. The minimum absolute atomic E-state index is 0.147. The number of nitrogens with one attached hydrogen (secondary N) is 1. The fraction of sp³-hybridized carbons (Fsp3) is 0.467. The molecule has 0 radical (unpaired) electrons. The summed E-state index contributed by atoms with van der Waals surface area (Å²) in [7, 11) is 0. The van der Waals surface area contributed by atoms with Crippen LogP contribution in [-0.4, -0.2) is 11.7 Å². The molecule has 0 rings (SSSR count). The lowest BCUT2D eigenvalue weighted by Crippen LogP contribution is -2.11. The van der Waals surface area contributed by atoms with E-state index in [2.05, 4.69) is 24.9 Å².